The van der Waals surface area contributed by atoms with Crippen LogP contribution in [0.25, 0.3) is 0 Å². The van der Waals surface area contributed by atoms with E-state index < -0.39 is 0 Å². The molecule has 0 spiro atoms. The second-order valence-electron chi connectivity index (χ2n) is 4.28. The van der Waals surface area contributed by atoms with Gasteiger partial charge in [-0.2, -0.15) is 0 Å². The van der Waals surface area contributed by atoms with Crippen molar-refractivity contribution >= 4 is 22.3 Å². The van der Waals surface area contributed by atoms with Gasteiger partial charge in [0.25, 0.3) is 0 Å². The Kier molecular flexibility index (Phi) is 3.19. The number of nitrogens with zero attached hydrogens (tertiary/aromatic N) is 1. The molecule has 2 heterocycles. The van der Waals surface area contributed by atoms with Gasteiger partial charge in [0, 0.05) is 12.6 Å². The third-order valence-corrected chi connectivity index (χ3v) is 4.35. The number of ether oxygens (including phenoxy) is 1. The molecule has 0 bridgehead atoms. The molecular weight excluding hydrogens is 222 g/mol. The molecule has 0 N–H and O–H groups in total. The lowest BCUT2D eigenvalue weighted by Gasteiger charge is -2.22. The van der Waals surface area contributed by atoms with Gasteiger partial charge in [-0.25, -0.2) is 4.79 Å². The first kappa shape index (κ1) is 11.5. The van der Waals surface area contributed by atoms with Crippen molar-refractivity contribution in [1.29, 1.82) is 0 Å². The van der Waals surface area contributed by atoms with Gasteiger partial charge in [-0.3, -0.25) is 0 Å². The van der Waals surface area contributed by atoms with E-state index in [2.05, 4.69) is 18.7 Å². The Hall–Kier alpha value is -1.03. The second-order valence-corrected chi connectivity index (χ2v) is 5.31. The van der Waals surface area contributed by atoms with E-state index in [0.29, 0.717) is 10.9 Å². The summed E-state index contributed by atoms with van der Waals surface area (Å²) >= 11 is 1.54. The summed E-state index contributed by atoms with van der Waals surface area (Å²) < 4.78 is 4.75. The standard InChI is InChI=1S/C12H17NO2S/c1-8-7-10(12(14)15-3)16-11(8)13-6-4-5-9(13)2/h7,9H,4-6H2,1-3H3. The molecule has 4 heteroatoms. The molecule has 1 aliphatic rings. The van der Waals surface area contributed by atoms with Crippen LogP contribution < -0.4 is 4.90 Å². The summed E-state index contributed by atoms with van der Waals surface area (Å²) in [5.41, 5.74) is 1.18. The average Bonchev–Trinajstić information content (AvgIpc) is 2.83. The minimum absolute atomic E-state index is 0.230. The molecule has 0 saturated carbocycles. The van der Waals surface area contributed by atoms with Crippen molar-refractivity contribution in [2.24, 2.45) is 0 Å². The average molecular weight is 239 g/mol. The van der Waals surface area contributed by atoms with E-state index in [1.165, 1.54) is 30.5 Å². The van der Waals surface area contributed by atoms with Crippen molar-refractivity contribution in [1.82, 2.24) is 0 Å². The third-order valence-electron chi connectivity index (χ3n) is 3.09. The molecule has 1 saturated heterocycles. The Labute approximate surface area is 100 Å². The minimum atomic E-state index is -0.230. The third kappa shape index (κ3) is 1.94. The van der Waals surface area contributed by atoms with Gasteiger partial charge in [-0.1, -0.05) is 0 Å². The summed E-state index contributed by atoms with van der Waals surface area (Å²) in [7, 11) is 1.43. The molecule has 88 valence electrons. The maximum absolute atomic E-state index is 11.4. The highest BCUT2D eigenvalue weighted by Crippen LogP contribution is 2.35. The SMILES string of the molecule is COC(=O)c1cc(C)c(N2CCCC2C)s1. The van der Waals surface area contributed by atoms with Crippen LogP contribution in [0.5, 0.6) is 0 Å². The molecule has 16 heavy (non-hydrogen) atoms. The van der Waals surface area contributed by atoms with Gasteiger partial charge in [0.05, 0.1) is 12.1 Å². The number of esters is 1. The zero-order chi connectivity index (χ0) is 11.7. The fourth-order valence-electron chi connectivity index (χ4n) is 2.19. The van der Waals surface area contributed by atoms with E-state index in [9.17, 15) is 4.79 Å². The van der Waals surface area contributed by atoms with Crippen molar-refractivity contribution in [2.75, 3.05) is 18.6 Å². The molecular formula is C12H17NO2S. The zero-order valence-corrected chi connectivity index (χ0v) is 10.8. The van der Waals surface area contributed by atoms with Crippen molar-refractivity contribution in [3.05, 3.63) is 16.5 Å². The first-order valence-electron chi connectivity index (χ1n) is 5.59. The van der Waals surface area contributed by atoms with E-state index in [4.69, 9.17) is 4.74 Å². The predicted molar refractivity (Wildman–Crippen MR) is 66.4 cm³/mol. The monoisotopic (exact) mass is 239 g/mol. The fraction of sp³-hybridized carbons (Fsp3) is 0.583. The van der Waals surface area contributed by atoms with Crippen molar-refractivity contribution in [3.63, 3.8) is 0 Å². The highest BCUT2D eigenvalue weighted by molar-refractivity contribution is 7.18. The quantitative estimate of drug-likeness (QED) is 0.743. The minimum Gasteiger partial charge on any atom is -0.465 e. The van der Waals surface area contributed by atoms with E-state index in [0.717, 1.165) is 6.54 Å². The number of thiophene rings is 1. The largest absolute Gasteiger partial charge is 0.465 e. The predicted octanol–water partition coefficient (Wildman–Crippen LogP) is 2.83. The molecule has 0 aromatic carbocycles. The molecule has 2 rings (SSSR count). The molecule has 1 aliphatic heterocycles. The Bertz CT molecular complexity index is 400. The van der Waals surface area contributed by atoms with Crippen LogP contribution >= 0.6 is 11.3 Å². The number of carbonyl (C=O) groups is 1. The number of hydrogen-bond donors (Lipinski definition) is 0. The number of anilines is 1. The number of carbonyl (C=O) groups excluding carboxylic acids is 1. The van der Waals surface area contributed by atoms with E-state index >= 15 is 0 Å². The smallest absolute Gasteiger partial charge is 0.348 e. The highest BCUT2D eigenvalue weighted by Gasteiger charge is 2.24. The first-order chi connectivity index (χ1) is 7.63. The highest BCUT2D eigenvalue weighted by atomic mass is 32.1. The summed E-state index contributed by atoms with van der Waals surface area (Å²) in [6.07, 6.45) is 2.48. The normalized spacial score (nSPS) is 20.2. The van der Waals surface area contributed by atoms with Crippen LogP contribution in [0, 0.1) is 6.92 Å². The van der Waals surface area contributed by atoms with Gasteiger partial charge in [0.15, 0.2) is 0 Å². The van der Waals surface area contributed by atoms with E-state index in [-0.39, 0.29) is 5.97 Å². The van der Waals surface area contributed by atoms with E-state index in [1.54, 1.807) is 11.3 Å². The van der Waals surface area contributed by atoms with Gasteiger partial charge in [0.2, 0.25) is 0 Å². The molecule has 1 aromatic rings. The lowest BCUT2D eigenvalue weighted by atomic mass is 10.2. The van der Waals surface area contributed by atoms with Crippen LogP contribution in [0.2, 0.25) is 0 Å². The molecule has 1 unspecified atom stereocenters. The molecule has 0 aliphatic carbocycles. The Morgan fingerprint density at radius 2 is 2.38 bits per heavy atom. The maximum atomic E-state index is 11.4. The number of aryl methyl sites for hydroxylation is 1. The summed E-state index contributed by atoms with van der Waals surface area (Å²) in [4.78, 5) is 14.5. The maximum Gasteiger partial charge on any atom is 0.348 e. The van der Waals surface area contributed by atoms with Gasteiger partial charge in [-0.05, 0) is 38.3 Å². The summed E-state index contributed by atoms with van der Waals surface area (Å²) in [6, 6.07) is 2.51. The zero-order valence-electron chi connectivity index (χ0n) is 9.95. The molecule has 1 atom stereocenters. The van der Waals surface area contributed by atoms with Gasteiger partial charge in [0.1, 0.15) is 4.88 Å². The van der Waals surface area contributed by atoms with Crippen LogP contribution in [0.4, 0.5) is 5.00 Å². The fourth-order valence-corrected chi connectivity index (χ4v) is 3.41. The Morgan fingerprint density at radius 1 is 1.62 bits per heavy atom. The molecule has 0 amide bonds. The van der Waals surface area contributed by atoms with Gasteiger partial charge < -0.3 is 9.64 Å². The number of hydrogen-bond acceptors (Lipinski definition) is 4. The molecule has 3 nitrogen and oxygen atoms in total. The summed E-state index contributed by atoms with van der Waals surface area (Å²) in [6.45, 7) is 5.40. The van der Waals surface area contributed by atoms with Crippen LogP contribution in [0.1, 0.15) is 35.0 Å². The number of rotatable bonds is 2. The lowest BCUT2D eigenvalue weighted by molar-refractivity contribution is 0.0606. The van der Waals surface area contributed by atoms with Crippen molar-refractivity contribution in [3.8, 4) is 0 Å². The van der Waals surface area contributed by atoms with Crippen molar-refractivity contribution in [2.45, 2.75) is 32.7 Å². The van der Waals surface area contributed by atoms with Crippen molar-refractivity contribution < 1.29 is 9.53 Å². The first-order valence-corrected chi connectivity index (χ1v) is 6.40. The Morgan fingerprint density at radius 3 is 2.94 bits per heavy atom. The Balaban J connectivity index is 2.27. The van der Waals surface area contributed by atoms with Crippen LogP contribution in [0.3, 0.4) is 0 Å². The topological polar surface area (TPSA) is 29.5 Å². The van der Waals surface area contributed by atoms with Gasteiger partial charge in [-0.15, -0.1) is 11.3 Å². The van der Waals surface area contributed by atoms with Gasteiger partial charge >= 0.3 is 5.97 Å². The lowest BCUT2D eigenvalue weighted by Crippen LogP contribution is -2.25. The summed E-state index contributed by atoms with van der Waals surface area (Å²) in [5, 5.41) is 1.23. The number of methoxy groups -OCH3 is 1. The van der Waals surface area contributed by atoms with E-state index in [1.807, 2.05) is 6.07 Å². The van der Waals surface area contributed by atoms with Crippen LogP contribution in [-0.4, -0.2) is 25.7 Å². The van der Waals surface area contributed by atoms with Crippen LogP contribution in [0.15, 0.2) is 6.07 Å². The van der Waals surface area contributed by atoms with Crippen LogP contribution in [-0.2, 0) is 4.74 Å². The second kappa shape index (κ2) is 4.45. The molecule has 0 radical (unpaired) electrons. The summed E-state index contributed by atoms with van der Waals surface area (Å²) in [5.74, 6) is -0.230. The molecule has 1 aromatic heterocycles. The molecule has 1 fully saturated rings.